The first-order valence-electron chi connectivity index (χ1n) is 15.4. The van der Waals surface area contributed by atoms with Crippen LogP contribution in [0.4, 0.5) is 17.1 Å². The summed E-state index contributed by atoms with van der Waals surface area (Å²) in [5.41, 5.74) is 9.64. The molecule has 7 heteroatoms. The Labute approximate surface area is 284 Å². The Morgan fingerprint density at radius 2 is 1.04 bits per heavy atom. The SMILES string of the molecule is C1=Cc2nc(-c3ccc(N(c4ccc(-c5nc6ccccc6s5)cc4)c4cccc(-c5nc6ccccc6s5)c4)cc3)sc2C=CC1. The molecule has 0 saturated carbocycles. The van der Waals surface area contributed by atoms with Crippen LogP contribution in [0.25, 0.3) is 64.3 Å². The molecule has 1 aliphatic rings. The molecule has 0 aliphatic heterocycles. The zero-order valence-corrected chi connectivity index (χ0v) is 27.5. The summed E-state index contributed by atoms with van der Waals surface area (Å²) in [5.74, 6) is 0. The number of aromatic nitrogens is 3. The Bertz CT molecular complexity index is 2350. The predicted octanol–water partition coefficient (Wildman–Crippen LogP) is 12.3. The fourth-order valence-electron chi connectivity index (χ4n) is 5.86. The summed E-state index contributed by atoms with van der Waals surface area (Å²) in [6, 6.07) is 42.8. The Morgan fingerprint density at radius 1 is 0.468 bits per heavy atom. The third-order valence-corrected chi connectivity index (χ3v) is 11.4. The molecule has 9 rings (SSSR count). The number of para-hydroxylation sites is 2. The third-order valence-electron chi connectivity index (χ3n) is 8.18. The lowest BCUT2D eigenvalue weighted by Crippen LogP contribution is -2.10. The Balaban J connectivity index is 1.11. The highest BCUT2D eigenvalue weighted by Gasteiger charge is 2.17. The molecule has 4 nitrogen and oxygen atoms in total. The quantitative estimate of drug-likeness (QED) is 0.178. The van der Waals surface area contributed by atoms with Gasteiger partial charge in [0.15, 0.2) is 0 Å². The van der Waals surface area contributed by atoms with Gasteiger partial charge in [-0.05, 0) is 104 Å². The molecule has 5 aromatic carbocycles. The van der Waals surface area contributed by atoms with Crippen LogP contribution in [0.3, 0.4) is 0 Å². The van der Waals surface area contributed by atoms with Gasteiger partial charge in [0.1, 0.15) is 15.0 Å². The molecule has 3 heterocycles. The third kappa shape index (κ3) is 5.38. The van der Waals surface area contributed by atoms with E-state index in [9.17, 15) is 0 Å². The summed E-state index contributed by atoms with van der Waals surface area (Å²) in [4.78, 5) is 18.3. The second-order valence-corrected chi connectivity index (χ2v) is 14.4. The molecule has 47 heavy (non-hydrogen) atoms. The molecule has 0 N–H and O–H groups in total. The topological polar surface area (TPSA) is 41.9 Å². The number of thiazole rings is 3. The van der Waals surface area contributed by atoms with E-state index in [2.05, 4.69) is 138 Å². The normalized spacial score (nSPS) is 12.4. The van der Waals surface area contributed by atoms with Crippen molar-refractivity contribution in [2.24, 2.45) is 0 Å². The number of hydrogen-bond acceptors (Lipinski definition) is 7. The molecule has 0 fully saturated rings. The first-order chi connectivity index (χ1) is 23.2. The highest BCUT2D eigenvalue weighted by Crippen LogP contribution is 2.40. The van der Waals surface area contributed by atoms with Gasteiger partial charge in [-0.3, -0.25) is 0 Å². The number of hydrogen-bond donors (Lipinski definition) is 0. The van der Waals surface area contributed by atoms with E-state index >= 15 is 0 Å². The van der Waals surface area contributed by atoms with E-state index in [1.807, 2.05) is 12.1 Å². The Hall–Kier alpha value is -5.21. The van der Waals surface area contributed by atoms with Gasteiger partial charge in [-0.15, -0.1) is 34.0 Å². The highest BCUT2D eigenvalue weighted by molar-refractivity contribution is 7.22. The standard InChI is InChI=1S/C40H26N4S3/c1-2-11-32-35(14-3-1)45-38(41-32)26-17-21-29(22-18-26)44(30-23-19-27(20-24-30)39-42-33-12-4-6-15-36(33)46-39)31-10-8-9-28(25-31)40-43-34-13-5-7-16-37(34)47-40/h2-25H,1H2. The van der Waals surface area contributed by atoms with Crippen LogP contribution in [0.2, 0.25) is 0 Å². The molecule has 0 spiro atoms. The average molecular weight is 659 g/mol. The Morgan fingerprint density at radius 3 is 1.68 bits per heavy atom. The van der Waals surface area contributed by atoms with Crippen LogP contribution in [-0.2, 0) is 0 Å². The maximum absolute atomic E-state index is 4.95. The molecular formula is C40H26N4S3. The fourth-order valence-corrected chi connectivity index (χ4v) is 8.78. The van der Waals surface area contributed by atoms with Gasteiger partial charge < -0.3 is 4.90 Å². The minimum Gasteiger partial charge on any atom is -0.310 e. The summed E-state index contributed by atoms with van der Waals surface area (Å²) in [7, 11) is 0. The van der Waals surface area contributed by atoms with Crippen molar-refractivity contribution in [2.45, 2.75) is 6.42 Å². The summed E-state index contributed by atoms with van der Waals surface area (Å²) in [5, 5.41) is 3.07. The maximum Gasteiger partial charge on any atom is 0.124 e. The van der Waals surface area contributed by atoms with Crippen molar-refractivity contribution in [3.05, 3.63) is 144 Å². The smallest absolute Gasteiger partial charge is 0.124 e. The van der Waals surface area contributed by atoms with Crippen LogP contribution >= 0.6 is 34.0 Å². The molecule has 224 valence electrons. The van der Waals surface area contributed by atoms with Crippen molar-refractivity contribution in [1.82, 2.24) is 15.0 Å². The molecule has 0 radical (unpaired) electrons. The van der Waals surface area contributed by atoms with Crippen molar-refractivity contribution in [3.63, 3.8) is 0 Å². The molecular weight excluding hydrogens is 633 g/mol. The van der Waals surface area contributed by atoms with Crippen LogP contribution in [0.15, 0.2) is 133 Å². The van der Waals surface area contributed by atoms with Gasteiger partial charge in [0.2, 0.25) is 0 Å². The Kier molecular flexibility index (Phi) is 7.08. The average Bonchev–Trinajstić information content (AvgIpc) is 3.83. The van der Waals surface area contributed by atoms with Gasteiger partial charge in [0.25, 0.3) is 0 Å². The second kappa shape index (κ2) is 11.9. The lowest BCUT2D eigenvalue weighted by molar-refractivity contribution is 1.28. The van der Waals surface area contributed by atoms with Gasteiger partial charge in [-0.2, -0.15) is 0 Å². The summed E-state index contributed by atoms with van der Waals surface area (Å²) in [6.45, 7) is 0. The van der Waals surface area contributed by atoms with Crippen molar-refractivity contribution in [2.75, 3.05) is 4.90 Å². The van der Waals surface area contributed by atoms with E-state index in [1.165, 1.54) is 14.3 Å². The van der Waals surface area contributed by atoms with E-state index in [4.69, 9.17) is 15.0 Å². The van der Waals surface area contributed by atoms with Crippen LogP contribution in [0.5, 0.6) is 0 Å². The van der Waals surface area contributed by atoms with Crippen molar-refractivity contribution < 1.29 is 0 Å². The van der Waals surface area contributed by atoms with Gasteiger partial charge in [0, 0.05) is 33.8 Å². The van der Waals surface area contributed by atoms with Crippen LogP contribution in [0.1, 0.15) is 17.0 Å². The largest absolute Gasteiger partial charge is 0.310 e. The molecule has 3 aromatic heterocycles. The predicted molar refractivity (Wildman–Crippen MR) is 202 cm³/mol. The number of benzene rings is 5. The first kappa shape index (κ1) is 28.0. The minimum absolute atomic E-state index is 0.949. The summed E-state index contributed by atoms with van der Waals surface area (Å²) >= 11 is 5.19. The zero-order valence-electron chi connectivity index (χ0n) is 25.1. The highest BCUT2D eigenvalue weighted by atomic mass is 32.1. The van der Waals surface area contributed by atoms with Gasteiger partial charge in [-0.25, -0.2) is 15.0 Å². The second-order valence-electron chi connectivity index (χ2n) is 11.3. The van der Waals surface area contributed by atoms with E-state index in [1.54, 1.807) is 34.0 Å². The molecule has 8 aromatic rings. The van der Waals surface area contributed by atoms with Crippen LogP contribution < -0.4 is 4.90 Å². The van der Waals surface area contributed by atoms with Crippen molar-refractivity contribution >= 4 is 83.7 Å². The van der Waals surface area contributed by atoms with Crippen LogP contribution in [0, 0.1) is 0 Å². The maximum atomic E-state index is 4.95. The van der Waals surface area contributed by atoms with E-state index in [0.29, 0.717) is 0 Å². The number of fused-ring (bicyclic) bond motifs is 3. The number of allylic oxidation sites excluding steroid dienone is 2. The summed E-state index contributed by atoms with van der Waals surface area (Å²) in [6.07, 6.45) is 9.61. The first-order valence-corrected chi connectivity index (χ1v) is 17.9. The van der Waals surface area contributed by atoms with Crippen molar-refractivity contribution in [3.8, 4) is 31.7 Å². The van der Waals surface area contributed by atoms with Crippen LogP contribution in [-0.4, -0.2) is 15.0 Å². The molecule has 0 atom stereocenters. The van der Waals surface area contributed by atoms with E-state index in [-0.39, 0.29) is 0 Å². The number of rotatable bonds is 6. The number of nitrogens with zero attached hydrogens (tertiary/aromatic N) is 4. The molecule has 0 unspecified atom stereocenters. The van der Waals surface area contributed by atoms with Gasteiger partial charge in [0.05, 0.1) is 31.0 Å². The zero-order chi connectivity index (χ0) is 31.2. The lowest BCUT2D eigenvalue weighted by Gasteiger charge is -2.26. The lowest BCUT2D eigenvalue weighted by atomic mass is 10.1. The molecule has 1 aliphatic carbocycles. The monoisotopic (exact) mass is 658 g/mol. The van der Waals surface area contributed by atoms with Gasteiger partial charge >= 0.3 is 0 Å². The minimum atomic E-state index is 0.949. The summed E-state index contributed by atoms with van der Waals surface area (Å²) < 4.78 is 2.39. The molecule has 0 saturated heterocycles. The number of anilines is 3. The van der Waals surface area contributed by atoms with Crippen molar-refractivity contribution in [1.29, 1.82) is 0 Å². The molecule has 0 amide bonds. The van der Waals surface area contributed by atoms with Gasteiger partial charge in [-0.1, -0.05) is 48.6 Å². The van der Waals surface area contributed by atoms with E-state index < -0.39 is 0 Å². The fraction of sp³-hybridized carbons (Fsp3) is 0.0250. The van der Waals surface area contributed by atoms with E-state index in [0.717, 1.165) is 71.9 Å². The molecule has 0 bridgehead atoms.